The molecular formula is C21H26ClN3O2S. The van der Waals surface area contributed by atoms with Crippen LogP contribution in [0.2, 0.25) is 0 Å². The summed E-state index contributed by atoms with van der Waals surface area (Å²) in [6.45, 7) is 4.07. The Kier molecular flexibility index (Phi) is 8.35. The minimum Gasteiger partial charge on any atom is -0.338 e. The van der Waals surface area contributed by atoms with Crippen LogP contribution in [0.1, 0.15) is 22.3 Å². The molecule has 1 fully saturated rings. The van der Waals surface area contributed by atoms with Crippen LogP contribution >= 0.6 is 24.2 Å². The molecule has 0 aromatic heterocycles. The Hall–Kier alpha value is -2.02. The molecule has 7 heteroatoms. The number of hydrogen-bond donors (Lipinski definition) is 2. The van der Waals surface area contributed by atoms with Crippen molar-refractivity contribution in [1.82, 2.24) is 4.90 Å². The lowest BCUT2D eigenvalue weighted by atomic mass is 10.1. The van der Waals surface area contributed by atoms with E-state index in [9.17, 15) is 9.59 Å². The molecular weight excluding hydrogens is 394 g/mol. The van der Waals surface area contributed by atoms with Crippen LogP contribution in [0.5, 0.6) is 0 Å². The molecule has 1 atom stereocenters. The molecule has 1 aliphatic rings. The summed E-state index contributed by atoms with van der Waals surface area (Å²) in [6, 6.07) is 15.2. The van der Waals surface area contributed by atoms with Crippen molar-refractivity contribution in [1.29, 1.82) is 0 Å². The Morgan fingerprint density at radius 1 is 1.18 bits per heavy atom. The van der Waals surface area contributed by atoms with Gasteiger partial charge < -0.3 is 16.0 Å². The fraction of sp³-hybridized carbons (Fsp3) is 0.333. The molecule has 2 aromatic rings. The Morgan fingerprint density at radius 2 is 1.89 bits per heavy atom. The summed E-state index contributed by atoms with van der Waals surface area (Å²) >= 11 is 1.39. The molecule has 28 heavy (non-hydrogen) atoms. The summed E-state index contributed by atoms with van der Waals surface area (Å²) in [7, 11) is 0. The second-order valence-corrected chi connectivity index (χ2v) is 7.86. The van der Waals surface area contributed by atoms with Crippen molar-refractivity contribution in [2.24, 2.45) is 11.7 Å². The van der Waals surface area contributed by atoms with Gasteiger partial charge in [-0.1, -0.05) is 29.8 Å². The van der Waals surface area contributed by atoms with Gasteiger partial charge in [0.25, 0.3) is 5.91 Å². The third-order valence-electron chi connectivity index (χ3n) is 4.72. The number of carbonyl (C=O) groups excluding carboxylic acids is 2. The molecule has 0 spiro atoms. The van der Waals surface area contributed by atoms with Crippen LogP contribution in [0.15, 0.2) is 53.4 Å². The molecule has 2 amide bonds. The van der Waals surface area contributed by atoms with Crippen LogP contribution in [-0.2, 0) is 4.79 Å². The second-order valence-electron chi connectivity index (χ2n) is 6.84. The zero-order valence-electron chi connectivity index (χ0n) is 15.9. The largest absolute Gasteiger partial charge is 0.338 e. The van der Waals surface area contributed by atoms with Crippen molar-refractivity contribution in [2.45, 2.75) is 18.2 Å². The first kappa shape index (κ1) is 22.3. The van der Waals surface area contributed by atoms with Gasteiger partial charge in [0.05, 0.1) is 11.3 Å². The molecule has 3 rings (SSSR count). The molecule has 0 bridgehead atoms. The summed E-state index contributed by atoms with van der Waals surface area (Å²) < 4.78 is 0. The maximum atomic E-state index is 12.9. The highest BCUT2D eigenvalue weighted by molar-refractivity contribution is 8.00. The van der Waals surface area contributed by atoms with Gasteiger partial charge in [-0.2, -0.15) is 0 Å². The van der Waals surface area contributed by atoms with E-state index < -0.39 is 0 Å². The molecule has 1 aliphatic heterocycles. The number of thioether (sulfide) groups is 1. The fourth-order valence-corrected chi connectivity index (χ4v) is 3.97. The van der Waals surface area contributed by atoms with Crippen LogP contribution in [0.25, 0.3) is 0 Å². The number of nitrogens with two attached hydrogens (primary N) is 1. The first-order chi connectivity index (χ1) is 13.1. The van der Waals surface area contributed by atoms with Crippen LogP contribution in [0.3, 0.4) is 0 Å². The number of nitrogens with one attached hydrogen (secondary N) is 1. The van der Waals surface area contributed by atoms with Crippen molar-refractivity contribution in [3.05, 3.63) is 59.7 Å². The summed E-state index contributed by atoms with van der Waals surface area (Å²) in [4.78, 5) is 27.8. The first-order valence-electron chi connectivity index (χ1n) is 9.14. The lowest BCUT2D eigenvalue weighted by molar-refractivity contribution is -0.113. The number of carbonyl (C=O) groups is 2. The van der Waals surface area contributed by atoms with Crippen LogP contribution in [0.4, 0.5) is 5.69 Å². The Balaban J connectivity index is 0.00000280. The van der Waals surface area contributed by atoms with Crippen molar-refractivity contribution < 1.29 is 9.59 Å². The van der Waals surface area contributed by atoms with Gasteiger partial charge in [0, 0.05) is 23.7 Å². The normalized spacial score (nSPS) is 15.8. The summed E-state index contributed by atoms with van der Waals surface area (Å²) in [5, 5.41) is 2.89. The van der Waals surface area contributed by atoms with E-state index in [-0.39, 0.29) is 30.0 Å². The van der Waals surface area contributed by atoms with Crippen LogP contribution in [0, 0.1) is 12.8 Å². The van der Waals surface area contributed by atoms with E-state index in [1.165, 1.54) is 11.8 Å². The molecule has 1 saturated heterocycles. The SMILES string of the molecule is Cc1ccc(NC(=O)CSc2ccccc2C(=O)N2CCC(CN)C2)cc1.Cl. The van der Waals surface area contributed by atoms with E-state index in [0.717, 1.165) is 29.1 Å². The number of rotatable bonds is 6. The first-order valence-corrected chi connectivity index (χ1v) is 10.1. The van der Waals surface area contributed by atoms with Crippen molar-refractivity contribution in [3.8, 4) is 0 Å². The predicted octanol–water partition coefficient (Wildman–Crippen LogP) is 3.57. The number of nitrogens with zero attached hydrogens (tertiary/aromatic N) is 1. The molecule has 1 heterocycles. The second kappa shape index (κ2) is 10.5. The number of benzene rings is 2. The third kappa shape index (κ3) is 5.74. The van der Waals surface area contributed by atoms with Gasteiger partial charge >= 0.3 is 0 Å². The van der Waals surface area contributed by atoms with E-state index in [4.69, 9.17) is 5.73 Å². The van der Waals surface area contributed by atoms with E-state index in [2.05, 4.69) is 5.32 Å². The van der Waals surface area contributed by atoms with E-state index in [1.54, 1.807) is 0 Å². The monoisotopic (exact) mass is 419 g/mol. The Morgan fingerprint density at radius 3 is 2.57 bits per heavy atom. The molecule has 0 saturated carbocycles. The maximum absolute atomic E-state index is 12.9. The highest BCUT2D eigenvalue weighted by Crippen LogP contribution is 2.26. The topological polar surface area (TPSA) is 75.4 Å². The minimum absolute atomic E-state index is 0. The molecule has 2 aromatic carbocycles. The summed E-state index contributed by atoms with van der Waals surface area (Å²) in [5.74, 6) is 0.571. The molecule has 0 radical (unpaired) electrons. The summed E-state index contributed by atoms with van der Waals surface area (Å²) in [6.07, 6.45) is 0.955. The van der Waals surface area contributed by atoms with Gasteiger partial charge in [0.1, 0.15) is 0 Å². The lowest BCUT2D eigenvalue weighted by Gasteiger charge is -2.18. The van der Waals surface area contributed by atoms with Gasteiger partial charge in [0.15, 0.2) is 0 Å². The number of hydrogen-bond acceptors (Lipinski definition) is 4. The quantitative estimate of drug-likeness (QED) is 0.702. The van der Waals surface area contributed by atoms with Gasteiger partial charge in [-0.05, 0) is 50.1 Å². The number of halogens is 1. The third-order valence-corrected chi connectivity index (χ3v) is 5.79. The molecule has 150 valence electrons. The number of amides is 2. The van der Waals surface area contributed by atoms with Gasteiger partial charge in [-0.15, -0.1) is 24.2 Å². The van der Waals surface area contributed by atoms with Crippen LogP contribution < -0.4 is 11.1 Å². The van der Waals surface area contributed by atoms with Gasteiger partial charge in [-0.3, -0.25) is 9.59 Å². The zero-order valence-corrected chi connectivity index (χ0v) is 17.5. The maximum Gasteiger partial charge on any atom is 0.254 e. The van der Waals surface area contributed by atoms with Crippen LogP contribution in [-0.4, -0.2) is 42.1 Å². The highest BCUT2D eigenvalue weighted by Gasteiger charge is 2.27. The Labute approximate surface area is 176 Å². The lowest BCUT2D eigenvalue weighted by Crippen LogP contribution is -2.30. The van der Waals surface area contributed by atoms with Crippen molar-refractivity contribution in [2.75, 3.05) is 30.7 Å². The van der Waals surface area contributed by atoms with E-state index in [0.29, 0.717) is 24.6 Å². The van der Waals surface area contributed by atoms with E-state index in [1.807, 2.05) is 60.4 Å². The standard InChI is InChI=1S/C21H25N3O2S.ClH/c1-15-6-8-17(9-7-15)23-20(25)14-27-19-5-3-2-4-18(19)21(26)24-11-10-16(12-22)13-24;/h2-9,16H,10-14,22H2,1H3,(H,23,25);1H. The van der Waals surface area contributed by atoms with Gasteiger partial charge in [0.2, 0.25) is 5.91 Å². The Bertz CT molecular complexity index is 814. The summed E-state index contributed by atoms with van der Waals surface area (Å²) in [5.41, 5.74) is 8.31. The molecule has 0 aliphatic carbocycles. The van der Waals surface area contributed by atoms with E-state index >= 15 is 0 Å². The highest BCUT2D eigenvalue weighted by atomic mass is 35.5. The molecule has 1 unspecified atom stereocenters. The molecule has 3 N–H and O–H groups in total. The minimum atomic E-state index is -0.0875. The fourth-order valence-electron chi connectivity index (χ4n) is 3.13. The average Bonchev–Trinajstić information content (AvgIpc) is 3.17. The zero-order chi connectivity index (χ0) is 19.2. The predicted molar refractivity (Wildman–Crippen MR) is 117 cm³/mol. The van der Waals surface area contributed by atoms with Gasteiger partial charge in [-0.25, -0.2) is 0 Å². The number of likely N-dealkylation sites (tertiary alicyclic amines) is 1. The molecule has 5 nitrogen and oxygen atoms in total. The van der Waals surface area contributed by atoms with Crippen molar-refractivity contribution >= 4 is 41.7 Å². The average molecular weight is 420 g/mol. The smallest absolute Gasteiger partial charge is 0.254 e. The number of anilines is 1. The van der Waals surface area contributed by atoms with Crippen molar-refractivity contribution in [3.63, 3.8) is 0 Å². The number of aryl methyl sites for hydroxylation is 1.